The Morgan fingerprint density at radius 3 is 3.00 bits per heavy atom. The molecular weight excluding hydrogens is 260 g/mol. The standard InChI is InChI=1S/C9H15BrN4O/c1-3-6(5-15-2)13-8-7(10)4-12-9(11)14-8/h4,6H,3,5H2,1-2H3,(H3,11,12,13,14). The molecule has 0 saturated heterocycles. The summed E-state index contributed by atoms with van der Waals surface area (Å²) in [5.41, 5.74) is 5.50. The molecular formula is C9H15BrN4O. The summed E-state index contributed by atoms with van der Waals surface area (Å²) >= 11 is 3.36. The minimum absolute atomic E-state index is 0.223. The topological polar surface area (TPSA) is 73.1 Å². The number of hydrogen-bond donors (Lipinski definition) is 2. The zero-order valence-electron chi connectivity index (χ0n) is 8.83. The molecule has 1 heterocycles. The number of halogens is 1. The molecule has 0 amide bonds. The van der Waals surface area contributed by atoms with Gasteiger partial charge < -0.3 is 15.8 Å². The normalized spacial score (nSPS) is 12.5. The van der Waals surface area contributed by atoms with Gasteiger partial charge in [0.25, 0.3) is 0 Å². The number of nitrogens with zero attached hydrogens (tertiary/aromatic N) is 2. The third-order valence-corrected chi connectivity index (χ3v) is 2.54. The van der Waals surface area contributed by atoms with E-state index in [-0.39, 0.29) is 12.0 Å². The lowest BCUT2D eigenvalue weighted by atomic mass is 10.2. The van der Waals surface area contributed by atoms with Crippen molar-refractivity contribution in [2.75, 3.05) is 24.8 Å². The van der Waals surface area contributed by atoms with Crippen LogP contribution in [0.2, 0.25) is 0 Å². The van der Waals surface area contributed by atoms with Gasteiger partial charge in [0.2, 0.25) is 5.95 Å². The maximum atomic E-state index is 5.50. The summed E-state index contributed by atoms with van der Waals surface area (Å²) in [6, 6.07) is 0.223. The average Bonchev–Trinajstić information content (AvgIpc) is 2.22. The minimum Gasteiger partial charge on any atom is -0.383 e. The van der Waals surface area contributed by atoms with Crippen LogP contribution in [-0.4, -0.2) is 29.7 Å². The van der Waals surface area contributed by atoms with Crippen molar-refractivity contribution >= 4 is 27.7 Å². The minimum atomic E-state index is 0.223. The molecule has 6 heteroatoms. The molecule has 0 radical (unpaired) electrons. The molecule has 0 fully saturated rings. The van der Waals surface area contributed by atoms with Gasteiger partial charge in [-0.15, -0.1) is 0 Å². The lowest BCUT2D eigenvalue weighted by molar-refractivity contribution is 0.184. The molecule has 0 aliphatic carbocycles. The first-order chi connectivity index (χ1) is 7.17. The van der Waals surface area contributed by atoms with E-state index in [4.69, 9.17) is 10.5 Å². The van der Waals surface area contributed by atoms with Crippen LogP contribution in [0.4, 0.5) is 11.8 Å². The number of anilines is 2. The third kappa shape index (κ3) is 3.64. The van der Waals surface area contributed by atoms with Gasteiger partial charge in [-0.1, -0.05) is 6.92 Å². The van der Waals surface area contributed by atoms with Gasteiger partial charge in [0.15, 0.2) is 0 Å². The van der Waals surface area contributed by atoms with Crippen LogP contribution < -0.4 is 11.1 Å². The fraction of sp³-hybridized carbons (Fsp3) is 0.556. The molecule has 1 unspecified atom stereocenters. The van der Waals surface area contributed by atoms with Crippen molar-refractivity contribution in [1.29, 1.82) is 0 Å². The predicted molar refractivity (Wildman–Crippen MR) is 63.7 cm³/mol. The number of nitrogens with two attached hydrogens (primary N) is 1. The largest absolute Gasteiger partial charge is 0.383 e. The third-order valence-electron chi connectivity index (χ3n) is 1.96. The second-order valence-electron chi connectivity index (χ2n) is 3.13. The van der Waals surface area contributed by atoms with Crippen molar-refractivity contribution in [2.45, 2.75) is 19.4 Å². The molecule has 84 valence electrons. The summed E-state index contributed by atoms with van der Waals surface area (Å²) < 4.78 is 5.88. The van der Waals surface area contributed by atoms with Crippen LogP contribution in [0.5, 0.6) is 0 Å². The molecule has 0 bridgehead atoms. The molecule has 0 aliphatic heterocycles. The van der Waals surface area contributed by atoms with Crippen LogP contribution in [0.25, 0.3) is 0 Å². The SMILES string of the molecule is CCC(COC)Nc1nc(N)ncc1Br. The Bertz CT molecular complexity index is 321. The molecule has 0 spiro atoms. The van der Waals surface area contributed by atoms with E-state index in [0.29, 0.717) is 12.4 Å². The van der Waals surface area contributed by atoms with E-state index in [1.54, 1.807) is 13.3 Å². The first-order valence-corrected chi connectivity index (χ1v) is 5.50. The smallest absolute Gasteiger partial charge is 0.221 e. The van der Waals surface area contributed by atoms with Gasteiger partial charge in [-0.05, 0) is 22.4 Å². The maximum absolute atomic E-state index is 5.50. The van der Waals surface area contributed by atoms with E-state index in [9.17, 15) is 0 Å². The van der Waals surface area contributed by atoms with Crippen molar-refractivity contribution < 1.29 is 4.74 Å². The molecule has 0 aliphatic rings. The van der Waals surface area contributed by atoms with Crippen LogP contribution in [0.1, 0.15) is 13.3 Å². The number of methoxy groups -OCH3 is 1. The van der Waals surface area contributed by atoms with Crippen molar-refractivity contribution in [2.24, 2.45) is 0 Å². The number of hydrogen-bond acceptors (Lipinski definition) is 5. The molecule has 5 nitrogen and oxygen atoms in total. The summed E-state index contributed by atoms with van der Waals surface area (Å²) in [6.45, 7) is 2.71. The summed E-state index contributed by atoms with van der Waals surface area (Å²) in [7, 11) is 1.67. The van der Waals surface area contributed by atoms with Crippen molar-refractivity contribution in [1.82, 2.24) is 9.97 Å². The fourth-order valence-corrected chi connectivity index (χ4v) is 1.44. The van der Waals surface area contributed by atoms with E-state index in [2.05, 4.69) is 38.1 Å². The van der Waals surface area contributed by atoms with E-state index in [1.807, 2.05) is 0 Å². The highest BCUT2D eigenvalue weighted by molar-refractivity contribution is 9.10. The van der Waals surface area contributed by atoms with Crippen LogP contribution in [0.15, 0.2) is 10.7 Å². The lowest BCUT2D eigenvalue weighted by Gasteiger charge is -2.17. The summed E-state index contributed by atoms with van der Waals surface area (Å²) in [5, 5.41) is 3.24. The number of ether oxygens (including phenoxy) is 1. The van der Waals surface area contributed by atoms with Crippen LogP contribution >= 0.6 is 15.9 Å². The highest BCUT2D eigenvalue weighted by atomic mass is 79.9. The molecule has 1 aromatic heterocycles. The maximum Gasteiger partial charge on any atom is 0.221 e. The first kappa shape index (κ1) is 12.2. The highest BCUT2D eigenvalue weighted by Gasteiger charge is 2.09. The summed E-state index contributed by atoms with van der Waals surface area (Å²) in [4.78, 5) is 7.96. The molecule has 1 rings (SSSR count). The second-order valence-corrected chi connectivity index (χ2v) is 3.98. The van der Waals surface area contributed by atoms with Crippen LogP contribution in [0.3, 0.4) is 0 Å². The molecule has 3 N–H and O–H groups in total. The Morgan fingerprint density at radius 2 is 2.40 bits per heavy atom. The van der Waals surface area contributed by atoms with Gasteiger partial charge in [0.05, 0.1) is 17.1 Å². The Labute approximate surface area is 97.6 Å². The van der Waals surface area contributed by atoms with Gasteiger partial charge in [0, 0.05) is 13.3 Å². The Kier molecular flexibility index (Phi) is 4.77. The van der Waals surface area contributed by atoms with Gasteiger partial charge in [-0.25, -0.2) is 4.98 Å². The van der Waals surface area contributed by atoms with Gasteiger partial charge in [-0.3, -0.25) is 0 Å². The Hall–Kier alpha value is -0.880. The zero-order valence-corrected chi connectivity index (χ0v) is 10.4. The fourth-order valence-electron chi connectivity index (χ4n) is 1.14. The molecule has 1 aromatic rings. The summed E-state index contributed by atoms with van der Waals surface area (Å²) in [6.07, 6.45) is 2.58. The van der Waals surface area contributed by atoms with Crippen molar-refractivity contribution in [3.05, 3.63) is 10.7 Å². The first-order valence-electron chi connectivity index (χ1n) is 4.70. The van der Waals surface area contributed by atoms with E-state index in [0.717, 1.165) is 10.9 Å². The van der Waals surface area contributed by atoms with E-state index >= 15 is 0 Å². The Morgan fingerprint density at radius 1 is 1.67 bits per heavy atom. The lowest BCUT2D eigenvalue weighted by Crippen LogP contribution is -2.24. The van der Waals surface area contributed by atoms with Gasteiger partial charge >= 0.3 is 0 Å². The second kappa shape index (κ2) is 5.87. The molecule has 1 atom stereocenters. The number of aromatic nitrogens is 2. The molecule has 0 aromatic carbocycles. The molecule has 0 saturated carbocycles. The van der Waals surface area contributed by atoms with Gasteiger partial charge in [-0.2, -0.15) is 4.98 Å². The predicted octanol–water partition coefficient (Wildman–Crippen LogP) is 1.66. The monoisotopic (exact) mass is 274 g/mol. The van der Waals surface area contributed by atoms with Gasteiger partial charge in [0.1, 0.15) is 5.82 Å². The van der Waals surface area contributed by atoms with Crippen LogP contribution in [0, 0.1) is 0 Å². The zero-order chi connectivity index (χ0) is 11.3. The molecule has 15 heavy (non-hydrogen) atoms. The summed E-state index contributed by atoms with van der Waals surface area (Å²) in [5.74, 6) is 0.958. The average molecular weight is 275 g/mol. The number of nitrogens with one attached hydrogen (secondary N) is 1. The van der Waals surface area contributed by atoms with Crippen molar-refractivity contribution in [3.8, 4) is 0 Å². The van der Waals surface area contributed by atoms with Crippen LogP contribution in [-0.2, 0) is 4.74 Å². The number of nitrogen functional groups attached to an aromatic ring is 1. The number of rotatable bonds is 5. The van der Waals surface area contributed by atoms with Crippen molar-refractivity contribution in [3.63, 3.8) is 0 Å². The highest BCUT2D eigenvalue weighted by Crippen LogP contribution is 2.20. The quantitative estimate of drug-likeness (QED) is 0.855. The van der Waals surface area contributed by atoms with E-state index < -0.39 is 0 Å². The Balaban J connectivity index is 2.73. The van der Waals surface area contributed by atoms with E-state index in [1.165, 1.54) is 0 Å².